The zero-order valence-electron chi connectivity index (χ0n) is 10.4. The number of carbonyl (C=O) groups excluding carboxylic acids is 1. The average Bonchev–Trinajstić information content (AvgIpc) is 2.36. The van der Waals surface area contributed by atoms with Crippen LogP contribution in [0, 0.1) is 31.3 Å². The van der Waals surface area contributed by atoms with Crippen molar-refractivity contribution in [3.8, 4) is 0 Å². The van der Waals surface area contributed by atoms with Gasteiger partial charge in [0.2, 0.25) is 0 Å². The second kappa shape index (κ2) is 4.88. The van der Waals surface area contributed by atoms with Crippen LogP contribution in [0.3, 0.4) is 0 Å². The molecule has 0 unspecified atom stereocenters. The SMILES string of the molecule is Cc1ccc(C(=O)c2cc(F)c(C)cc2F)cc1F. The zero-order valence-corrected chi connectivity index (χ0v) is 10.4. The van der Waals surface area contributed by atoms with Crippen LogP contribution in [-0.4, -0.2) is 5.78 Å². The summed E-state index contributed by atoms with van der Waals surface area (Å²) >= 11 is 0. The van der Waals surface area contributed by atoms with Crippen LogP contribution >= 0.6 is 0 Å². The van der Waals surface area contributed by atoms with Gasteiger partial charge in [-0.3, -0.25) is 4.79 Å². The third-order valence-corrected chi connectivity index (χ3v) is 2.93. The molecule has 0 fully saturated rings. The number of halogens is 3. The molecule has 0 aromatic heterocycles. The predicted octanol–water partition coefficient (Wildman–Crippen LogP) is 3.95. The van der Waals surface area contributed by atoms with Gasteiger partial charge in [0.25, 0.3) is 0 Å². The average molecular weight is 264 g/mol. The van der Waals surface area contributed by atoms with Gasteiger partial charge in [0, 0.05) is 5.56 Å². The smallest absolute Gasteiger partial charge is 0.196 e. The summed E-state index contributed by atoms with van der Waals surface area (Å²) in [5.41, 5.74) is 0.0906. The molecule has 98 valence electrons. The van der Waals surface area contributed by atoms with E-state index >= 15 is 0 Å². The predicted molar refractivity (Wildman–Crippen MR) is 65.7 cm³/mol. The zero-order chi connectivity index (χ0) is 14.2. The number of hydrogen-bond donors (Lipinski definition) is 0. The number of carbonyl (C=O) groups is 1. The van der Waals surface area contributed by atoms with E-state index in [0.29, 0.717) is 5.56 Å². The maximum Gasteiger partial charge on any atom is 0.196 e. The number of aryl methyl sites for hydroxylation is 2. The quantitative estimate of drug-likeness (QED) is 0.750. The summed E-state index contributed by atoms with van der Waals surface area (Å²) in [5.74, 6) is -2.78. The topological polar surface area (TPSA) is 17.1 Å². The van der Waals surface area contributed by atoms with Crippen LogP contribution in [-0.2, 0) is 0 Å². The molecule has 2 rings (SSSR count). The minimum Gasteiger partial charge on any atom is -0.288 e. The Morgan fingerprint density at radius 3 is 2.11 bits per heavy atom. The Hall–Kier alpha value is -2.10. The van der Waals surface area contributed by atoms with Gasteiger partial charge >= 0.3 is 0 Å². The molecule has 4 heteroatoms. The van der Waals surface area contributed by atoms with Gasteiger partial charge < -0.3 is 0 Å². The fourth-order valence-electron chi connectivity index (χ4n) is 1.71. The van der Waals surface area contributed by atoms with Crippen LogP contribution in [0.4, 0.5) is 13.2 Å². The van der Waals surface area contributed by atoms with E-state index in [4.69, 9.17) is 0 Å². The first-order chi connectivity index (χ1) is 8.90. The molecule has 0 saturated heterocycles. The summed E-state index contributed by atoms with van der Waals surface area (Å²) < 4.78 is 40.4. The number of rotatable bonds is 2. The van der Waals surface area contributed by atoms with Crippen molar-refractivity contribution in [2.24, 2.45) is 0 Å². The van der Waals surface area contributed by atoms with Crippen molar-refractivity contribution in [2.75, 3.05) is 0 Å². The Kier molecular flexibility index (Phi) is 3.42. The standard InChI is InChI=1S/C15H11F3O/c1-8-3-4-10(6-12(8)16)15(19)11-7-13(17)9(2)5-14(11)18/h3-7H,1-2H3. The van der Waals surface area contributed by atoms with Gasteiger partial charge in [0.15, 0.2) is 5.78 Å². The molecule has 2 aromatic rings. The first-order valence-electron chi connectivity index (χ1n) is 5.66. The van der Waals surface area contributed by atoms with E-state index in [0.717, 1.165) is 18.2 Å². The second-order valence-corrected chi connectivity index (χ2v) is 4.37. The summed E-state index contributed by atoms with van der Waals surface area (Å²) in [6.07, 6.45) is 0. The molecule has 0 amide bonds. The molecule has 0 aliphatic heterocycles. The molecule has 2 aromatic carbocycles. The van der Waals surface area contributed by atoms with Gasteiger partial charge in [0.05, 0.1) is 5.56 Å². The number of hydrogen-bond acceptors (Lipinski definition) is 1. The lowest BCUT2D eigenvalue weighted by atomic mass is 10.00. The van der Waals surface area contributed by atoms with E-state index in [9.17, 15) is 18.0 Å². The van der Waals surface area contributed by atoms with Crippen LogP contribution in [0.1, 0.15) is 27.0 Å². The highest BCUT2D eigenvalue weighted by atomic mass is 19.1. The molecule has 0 spiro atoms. The summed E-state index contributed by atoms with van der Waals surface area (Å²) in [6, 6.07) is 5.62. The normalized spacial score (nSPS) is 10.6. The van der Waals surface area contributed by atoms with Crippen LogP contribution in [0.5, 0.6) is 0 Å². The molecular formula is C15H11F3O. The van der Waals surface area contributed by atoms with Gasteiger partial charge in [-0.1, -0.05) is 12.1 Å². The molecule has 0 saturated carbocycles. The minimum absolute atomic E-state index is 0.00902. The van der Waals surface area contributed by atoms with Crippen molar-refractivity contribution in [3.63, 3.8) is 0 Å². The highest BCUT2D eigenvalue weighted by Crippen LogP contribution is 2.19. The van der Waals surface area contributed by atoms with Crippen LogP contribution in [0.2, 0.25) is 0 Å². The fourth-order valence-corrected chi connectivity index (χ4v) is 1.71. The second-order valence-electron chi connectivity index (χ2n) is 4.37. The Bertz CT molecular complexity index is 663. The van der Waals surface area contributed by atoms with E-state index in [2.05, 4.69) is 0 Å². The summed E-state index contributed by atoms with van der Waals surface area (Å²) in [4.78, 5) is 12.0. The van der Waals surface area contributed by atoms with Crippen molar-refractivity contribution in [3.05, 3.63) is 70.0 Å². The molecule has 0 heterocycles. The maximum atomic E-state index is 13.7. The Morgan fingerprint density at radius 2 is 1.47 bits per heavy atom. The molecule has 0 bridgehead atoms. The van der Waals surface area contributed by atoms with E-state index in [1.165, 1.54) is 19.1 Å². The van der Waals surface area contributed by atoms with E-state index < -0.39 is 28.8 Å². The molecular weight excluding hydrogens is 253 g/mol. The van der Waals surface area contributed by atoms with Gasteiger partial charge in [0.1, 0.15) is 17.5 Å². The summed E-state index contributed by atoms with van der Waals surface area (Å²) in [7, 11) is 0. The van der Waals surface area contributed by atoms with Crippen LogP contribution in [0.25, 0.3) is 0 Å². The molecule has 19 heavy (non-hydrogen) atoms. The first-order valence-corrected chi connectivity index (χ1v) is 5.66. The summed E-state index contributed by atoms with van der Waals surface area (Å²) in [5, 5.41) is 0. The van der Waals surface area contributed by atoms with Crippen molar-refractivity contribution in [1.82, 2.24) is 0 Å². The lowest BCUT2D eigenvalue weighted by Gasteiger charge is -2.06. The van der Waals surface area contributed by atoms with Crippen LogP contribution < -0.4 is 0 Å². The Morgan fingerprint density at radius 1 is 0.842 bits per heavy atom. The lowest BCUT2D eigenvalue weighted by Crippen LogP contribution is -2.06. The Labute approximate surface area is 108 Å². The molecule has 0 aliphatic carbocycles. The minimum atomic E-state index is -0.815. The highest BCUT2D eigenvalue weighted by molar-refractivity contribution is 6.09. The third-order valence-electron chi connectivity index (χ3n) is 2.93. The summed E-state index contributed by atoms with van der Waals surface area (Å²) in [6.45, 7) is 2.95. The van der Waals surface area contributed by atoms with Crippen LogP contribution in [0.15, 0.2) is 30.3 Å². The largest absolute Gasteiger partial charge is 0.288 e. The molecule has 0 aliphatic rings. The number of benzene rings is 2. The molecule has 0 atom stereocenters. The maximum absolute atomic E-state index is 13.7. The lowest BCUT2D eigenvalue weighted by molar-refractivity contribution is 0.103. The molecule has 1 nitrogen and oxygen atoms in total. The van der Waals surface area contributed by atoms with E-state index in [1.54, 1.807) is 6.92 Å². The fraction of sp³-hybridized carbons (Fsp3) is 0.133. The van der Waals surface area contributed by atoms with Gasteiger partial charge in [-0.2, -0.15) is 0 Å². The third kappa shape index (κ3) is 2.52. The van der Waals surface area contributed by atoms with Crippen molar-refractivity contribution in [2.45, 2.75) is 13.8 Å². The molecule has 0 N–H and O–H groups in total. The van der Waals surface area contributed by atoms with Crippen molar-refractivity contribution < 1.29 is 18.0 Å². The van der Waals surface area contributed by atoms with E-state index in [-0.39, 0.29) is 11.1 Å². The van der Waals surface area contributed by atoms with E-state index in [1.807, 2.05) is 0 Å². The van der Waals surface area contributed by atoms with Gasteiger partial charge in [-0.25, -0.2) is 13.2 Å². The van der Waals surface area contributed by atoms with Crippen molar-refractivity contribution >= 4 is 5.78 Å². The molecule has 0 radical (unpaired) electrons. The van der Waals surface area contributed by atoms with Gasteiger partial charge in [-0.05, 0) is 43.2 Å². The first kappa shape index (κ1) is 13.3. The highest BCUT2D eigenvalue weighted by Gasteiger charge is 2.17. The van der Waals surface area contributed by atoms with Crippen molar-refractivity contribution in [1.29, 1.82) is 0 Å². The van der Waals surface area contributed by atoms with Gasteiger partial charge in [-0.15, -0.1) is 0 Å². The monoisotopic (exact) mass is 264 g/mol. The Balaban J connectivity index is 2.49. The number of ketones is 1.